The minimum Gasteiger partial charge on any atom is -0.393 e. The summed E-state index contributed by atoms with van der Waals surface area (Å²) in [5, 5.41) is 0. The maximum Gasteiger partial charge on any atom is 0.124 e. The van der Waals surface area contributed by atoms with E-state index >= 15 is 0 Å². The minimum atomic E-state index is -0.250. The lowest BCUT2D eigenvalue weighted by Crippen LogP contribution is -2.27. The number of hydrogen-bond acceptors (Lipinski definition) is 2. The van der Waals surface area contributed by atoms with Crippen LogP contribution in [0.1, 0.15) is 12.0 Å². The van der Waals surface area contributed by atoms with Gasteiger partial charge in [0.15, 0.2) is 0 Å². The third-order valence-corrected chi connectivity index (χ3v) is 4.07. The van der Waals surface area contributed by atoms with Gasteiger partial charge in [0, 0.05) is 29.7 Å². The van der Waals surface area contributed by atoms with Gasteiger partial charge in [0.2, 0.25) is 0 Å². The molecule has 0 radical (unpaired) electrons. The predicted octanol–water partition coefficient (Wildman–Crippen LogP) is 4.27. The minimum absolute atomic E-state index is 0.250. The van der Waals surface area contributed by atoms with Gasteiger partial charge >= 0.3 is 0 Å². The molecule has 110 valence electrons. The van der Waals surface area contributed by atoms with E-state index in [9.17, 15) is 4.39 Å². The van der Waals surface area contributed by atoms with E-state index in [0.29, 0.717) is 18.0 Å². The first-order valence-corrected chi connectivity index (χ1v) is 7.78. The van der Waals surface area contributed by atoms with Crippen molar-refractivity contribution >= 4 is 38.8 Å². The van der Waals surface area contributed by atoms with Gasteiger partial charge in [-0.3, -0.25) is 0 Å². The van der Waals surface area contributed by atoms with Crippen LogP contribution >= 0.6 is 28.1 Å². The van der Waals surface area contributed by atoms with Gasteiger partial charge in [0.25, 0.3) is 0 Å². The van der Waals surface area contributed by atoms with Crippen LogP contribution in [-0.4, -0.2) is 11.5 Å². The Hall–Kier alpha value is -1.46. The lowest BCUT2D eigenvalue weighted by Gasteiger charge is -2.25. The lowest BCUT2D eigenvalue weighted by atomic mass is 10.2. The molecule has 0 aliphatic carbocycles. The van der Waals surface area contributed by atoms with Crippen molar-refractivity contribution in [1.29, 1.82) is 0 Å². The van der Waals surface area contributed by atoms with Crippen molar-refractivity contribution in [2.24, 2.45) is 5.73 Å². The number of rotatable bonds is 6. The zero-order valence-electron chi connectivity index (χ0n) is 11.4. The van der Waals surface area contributed by atoms with Crippen molar-refractivity contribution in [3.63, 3.8) is 0 Å². The molecular weight excluding hydrogens is 351 g/mol. The summed E-state index contributed by atoms with van der Waals surface area (Å²) in [5.41, 5.74) is 7.71. The number of hydrogen-bond donors (Lipinski definition) is 1. The Balaban J connectivity index is 2.21. The molecule has 0 aliphatic heterocycles. The third-order valence-electron chi connectivity index (χ3n) is 3.13. The maximum absolute atomic E-state index is 13.2. The van der Waals surface area contributed by atoms with Gasteiger partial charge < -0.3 is 10.6 Å². The molecule has 5 heteroatoms. The predicted molar refractivity (Wildman–Crippen MR) is 93.0 cm³/mol. The molecule has 0 unspecified atom stereocenters. The van der Waals surface area contributed by atoms with E-state index < -0.39 is 0 Å². The van der Waals surface area contributed by atoms with Crippen molar-refractivity contribution in [3.8, 4) is 0 Å². The first-order chi connectivity index (χ1) is 10.1. The van der Waals surface area contributed by atoms with Crippen molar-refractivity contribution in [1.82, 2.24) is 0 Å². The highest BCUT2D eigenvalue weighted by molar-refractivity contribution is 9.10. The number of thiocarbonyl (C=S) groups is 1. The molecule has 0 amide bonds. The summed E-state index contributed by atoms with van der Waals surface area (Å²) < 4.78 is 13.9. The SMILES string of the molecule is NC(=S)CCN(Cc1ccc(F)cc1Br)c1ccccc1. The zero-order chi connectivity index (χ0) is 15.2. The largest absolute Gasteiger partial charge is 0.393 e. The highest BCUT2D eigenvalue weighted by atomic mass is 79.9. The molecule has 0 heterocycles. The van der Waals surface area contributed by atoms with E-state index in [2.05, 4.69) is 20.8 Å². The normalized spacial score (nSPS) is 10.4. The molecule has 2 nitrogen and oxygen atoms in total. The lowest BCUT2D eigenvalue weighted by molar-refractivity contribution is 0.625. The summed E-state index contributed by atoms with van der Waals surface area (Å²) in [6.07, 6.45) is 0.642. The number of benzene rings is 2. The van der Waals surface area contributed by atoms with Gasteiger partial charge in [0.05, 0.1) is 4.99 Å². The molecule has 2 aromatic carbocycles. The Morgan fingerprint density at radius 3 is 2.52 bits per heavy atom. The number of halogens is 2. The standard InChI is InChI=1S/C16H16BrFN2S/c17-15-10-13(18)7-6-12(15)11-20(9-8-16(19)21)14-4-2-1-3-5-14/h1-7,10H,8-9,11H2,(H2,19,21). The van der Waals surface area contributed by atoms with E-state index in [4.69, 9.17) is 18.0 Å². The second-order valence-corrected chi connectivity index (χ2v) is 6.09. The quantitative estimate of drug-likeness (QED) is 0.774. The highest BCUT2D eigenvalue weighted by Crippen LogP contribution is 2.23. The second kappa shape index (κ2) is 7.52. The fourth-order valence-electron chi connectivity index (χ4n) is 2.04. The number of para-hydroxylation sites is 1. The van der Waals surface area contributed by atoms with Gasteiger partial charge in [-0.1, -0.05) is 52.4 Å². The molecule has 2 aromatic rings. The molecule has 0 bridgehead atoms. The smallest absolute Gasteiger partial charge is 0.124 e. The molecule has 0 saturated carbocycles. The van der Waals surface area contributed by atoms with Crippen LogP contribution in [0.4, 0.5) is 10.1 Å². The van der Waals surface area contributed by atoms with Gasteiger partial charge in [-0.2, -0.15) is 0 Å². The van der Waals surface area contributed by atoms with Gasteiger partial charge in [0.1, 0.15) is 5.82 Å². The fraction of sp³-hybridized carbons (Fsp3) is 0.188. The summed E-state index contributed by atoms with van der Waals surface area (Å²) in [5.74, 6) is -0.250. The molecule has 0 atom stereocenters. The van der Waals surface area contributed by atoms with E-state index in [-0.39, 0.29) is 5.82 Å². The Labute approximate surface area is 137 Å². The molecule has 0 aromatic heterocycles. The molecular formula is C16H16BrFN2S. The Kier molecular flexibility index (Phi) is 5.70. The van der Waals surface area contributed by atoms with Gasteiger partial charge in [-0.05, 0) is 29.8 Å². The van der Waals surface area contributed by atoms with Crippen LogP contribution < -0.4 is 10.6 Å². The van der Waals surface area contributed by atoms with Crippen LogP contribution in [0.3, 0.4) is 0 Å². The summed E-state index contributed by atoms with van der Waals surface area (Å²) >= 11 is 8.37. The fourth-order valence-corrected chi connectivity index (χ4v) is 2.61. The van der Waals surface area contributed by atoms with E-state index in [1.54, 1.807) is 6.07 Å². The second-order valence-electron chi connectivity index (χ2n) is 4.71. The molecule has 0 spiro atoms. The van der Waals surface area contributed by atoms with E-state index in [1.807, 2.05) is 30.3 Å². The maximum atomic E-state index is 13.2. The molecule has 2 rings (SSSR count). The van der Waals surface area contributed by atoms with E-state index in [1.165, 1.54) is 12.1 Å². The van der Waals surface area contributed by atoms with Crippen molar-refractivity contribution < 1.29 is 4.39 Å². The van der Waals surface area contributed by atoms with E-state index in [0.717, 1.165) is 22.3 Å². The van der Waals surface area contributed by atoms with Crippen LogP contribution in [-0.2, 0) is 6.54 Å². The summed E-state index contributed by atoms with van der Waals surface area (Å²) in [6.45, 7) is 1.39. The van der Waals surface area contributed by atoms with Crippen molar-refractivity contribution in [2.45, 2.75) is 13.0 Å². The topological polar surface area (TPSA) is 29.3 Å². The molecule has 0 saturated heterocycles. The third kappa shape index (κ3) is 4.79. The average Bonchev–Trinajstić information content (AvgIpc) is 2.46. The van der Waals surface area contributed by atoms with Crippen molar-refractivity contribution in [2.75, 3.05) is 11.4 Å². The Bertz CT molecular complexity index is 619. The number of anilines is 1. The van der Waals surface area contributed by atoms with Crippen molar-refractivity contribution in [3.05, 3.63) is 64.4 Å². The zero-order valence-corrected chi connectivity index (χ0v) is 13.8. The van der Waals surface area contributed by atoms with Gasteiger partial charge in [-0.15, -0.1) is 0 Å². The molecule has 0 aliphatic rings. The van der Waals surface area contributed by atoms with Gasteiger partial charge in [-0.25, -0.2) is 4.39 Å². The monoisotopic (exact) mass is 366 g/mol. The Morgan fingerprint density at radius 2 is 1.90 bits per heavy atom. The molecule has 21 heavy (non-hydrogen) atoms. The van der Waals surface area contributed by atoms with Crippen LogP contribution in [0.25, 0.3) is 0 Å². The van der Waals surface area contributed by atoms with Crippen LogP contribution in [0, 0.1) is 5.82 Å². The molecule has 0 fully saturated rings. The first kappa shape index (κ1) is 15.9. The first-order valence-electron chi connectivity index (χ1n) is 6.58. The highest BCUT2D eigenvalue weighted by Gasteiger charge is 2.10. The summed E-state index contributed by atoms with van der Waals surface area (Å²) in [6, 6.07) is 14.8. The van der Waals surface area contributed by atoms with Crippen LogP contribution in [0.5, 0.6) is 0 Å². The number of nitrogens with two attached hydrogens (primary N) is 1. The molecule has 2 N–H and O–H groups in total. The Morgan fingerprint density at radius 1 is 1.19 bits per heavy atom. The average molecular weight is 367 g/mol. The van der Waals surface area contributed by atoms with Crippen LogP contribution in [0.2, 0.25) is 0 Å². The summed E-state index contributed by atoms with van der Waals surface area (Å²) in [4.78, 5) is 2.67. The van der Waals surface area contributed by atoms with Crippen LogP contribution in [0.15, 0.2) is 53.0 Å². The number of nitrogens with zero attached hydrogens (tertiary/aromatic N) is 1. The summed E-state index contributed by atoms with van der Waals surface area (Å²) in [7, 11) is 0.